The van der Waals surface area contributed by atoms with Gasteiger partial charge in [-0.15, -0.1) is 0 Å². The van der Waals surface area contributed by atoms with Crippen molar-refractivity contribution >= 4 is 17.9 Å². The molecule has 1 N–H and O–H groups in total. The number of quaternary nitrogens is 1. The summed E-state index contributed by atoms with van der Waals surface area (Å²) in [6.45, 7) is 4.97. The molecule has 9 heteroatoms. The Morgan fingerprint density at radius 2 is 0.577 bits per heavy atom. The zero-order valence-corrected chi connectivity index (χ0v) is 53.1. The highest BCUT2D eigenvalue weighted by atomic mass is 16.7. The van der Waals surface area contributed by atoms with Crippen molar-refractivity contribution in [2.45, 2.75) is 379 Å². The number of unbranched alkanes of at least 4 members (excludes halogenated alkanes) is 51. The van der Waals surface area contributed by atoms with Gasteiger partial charge >= 0.3 is 17.9 Å². The van der Waals surface area contributed by atoms with Crippen molar-refractivity contribution in [1.82, 2.24) is 0 Å². The van der Waals surface area contributed by atoms with Crippen LogP contribution in [-0.4, -0.2) is 87.4 Å². The molecule has 0 rings (SSSR count). The standard InChI is InChI=1S/C69H135NO8/c1-6-8-10-12-14-16-18-20-22-24-26-28-30-32-33-34-36-38-40-42-44-46-48-50-52-54-56-58-60-67(72)78-65(64-77-69(68(73)74)75-62-61-70(3,4)5)63-76-66(71)59-57-55-53-51-49-47-45-43-41-39-37-35-31-29-27-25-23-21-19-17-15-13-11-9-7-2/h65,69H,6-64H2,1-5H3/p+1. The second-order valence-corrected chi connectivity index (χ2v) is 25.2. The van der Waals surface area contributed by atoms with Gasteiger partial charge in [-0.05, 0) is 12.8 Å². The molecule has 0 aliphatic carbocycles. The van der Waals surface area contributed by atoms with E-state index in [2.05, 4.69) is 13.8 Å². The van der Waals surface area contributed by atoms with Crippen LogP contribution in [0.2, 0.25) is 0 Å². The van der Waals surface area contributed by atoms with Gasteiger partial charge in [0.2, 0.25) is 0 Å². The van der Waals surface area contributed by atoms with Crippen molar-refractivity contribution in [3.05, 3.63) is 0 Å². The summed E-state index contributed by atoms with van der Waals surface area (Å²) in [4.78, 5) is 37.6. The monoisotopic (exact) mass is 1110 g/mol. The molecule has 0 radical (unpaired) electrons. The molecule has 0 saturated carbocycles. The van der Waals surface area contributed by atoms with Crippen molar-refractivity contribution in [3.63, 3.8) is 0 Å². The summed E-state index contributed by atoms with van der Waals surface area (Å²) < 4.78 is 23.0. The number of nitrogens with zero attached hydrogens (tertiary/aromatic N) is 1. The molecule has 0 heterocycles. The highest BCUT2D eigenvalue weighted by Gasteiger charge is 2.25. The maximum atomic E-state index is 12.9. The van der Waals surface area contributed by atoms with E-state index in [1.807, 2.05) is 21.1 Å². The molecule has 2 atom stereocenters. The molecule has 0 aliphatic rings. The van der Waals surface area contributed by atoms with E-state index in [4.69, 9.17) is 18.9 Å². The van der Waals surface area contributed by atoms with E-state index >= 15 is 0 Å². The van der Waals surface area contributed by atoms with E-state index in [0.29, 0.717) is 17.4 Å². The summed E-state index contributed by atoms with van der Waals surface area (Å²) in [6.07, 6.45) is 69.3. The van der Waals surface area contributed by atoms with Gasteiger partial charge in [0.25, 0.3) is 6.29 Å². The SMILES string of the molecule is CCCCCCCCCCCCCCCCCCCCCCCCCCCCCCC(=O)OC(COC(=O)CCCCCCCCCCCCCCCCCCCCCCCCCCC)COC(OCC[N+](C)(C)C)C(=O)O. The number of hydrogen-bond donors (Lipinski definition) is 1. The first kappa shape index (κ1) is 76.3. The number of carbonyl (C=O) groups is 3. The smallest absolute Gasteiger partial charge is 0.361 e. The molecule has 0 fully saturated rings. The third kappa shape index (κ3) is 61.9. The molecule has 0 aromatic carbocycles. The lowest BCUT2D eigenvalue weighted by Crippen LogP contribution is -2.40. The molecule has 0 amide bonds. The average molecular weight is 1110 g/mol. The van der Waals surface area contributed by atoms with Gasteiger partial charge in [-0.25, -0.2) is 4.79 Å². The Labute approximate surface area is 485 Å². The quantitative estimate of drug-likeness (QED) is 0.0278. The van der Waals surface area contributed by atoms with Gasteiger partial charge in [0, 0.05) is 12.8 Å². The molecular formula is C69H136NO8+. The van der Waals surface area contributed by atoms with Crippen LogP contribution in [0.1, 0.15) is 367 Å². The fourth-order valence-electron chi connectivity index (χ4n) is 10.8. The Morgan fingerprint density at radius 3 is 0.821 bits per heavy atom. The molecule has 0 aromatic heterocycles. The summed E-state index contributed by atoms with van der Waals surface area (Å²) in [7, 11) is 6.00. The Kier molecular flexibility index (Phi) is 60.0. The van der Waals surface area contributed by atoms with Gasteiger partial charge < -0.3 is 28.5 Å². The van der Waals surface area contributed by atoms with Gasteiger partial charge in [0.15, 0.2) is 6.10 Å². The van der Waals surface area contributed by atoms with Crippen molar-refractivity contribution in [2.75, 3.05) is 47.5 Å². The van der Waals surface area contributed by atoms with Crippen LogP contribution in [0.5, 0.6) is 0 Å². The van der Waals surface area contributed by atoms with Crippen LogP contribution in [0.4, 0.5) is 0 Å². The predicted molar refractivity (Wildman–Crippen MR) is 332 cm³/mol. The summed E-state index contributed by atoms with van der Waals surface area (Å²) in [5.74, 6) is -1.97. The summed E-state index contributed by atoms with van der Waals surface area (Å²) in [5, 5.41) is 9.74. The molecule has 0 spiro atoms. The molecule has 464 valence electrons. The molecule has 0 bridgehead atoms. The van der Waals surface area contributed by atoms with Crippen LogP contribution >= 0.6 is 0 Å². The van der Waals surface area contributed by atoms with Gasteiger partial charge in [-0.2, -0.15) is 0 Å². The van der Waals surface area contributed by atoms with E-state index in [1.165, 1.54) is 302 Å². The number of carbonyl (C=O) groups excluding carboxylic acids is 2. The fraction of sp³-hybridized carbons (Fsp3) is 0.957. The number of hydrogen-bond acceptors (Lipinski definition) is 7. The van der Waals surface area contributed by atoms with Crippen molar-refractivity contribution < 1.29 is 42.9 Å². The maximum Gasteiger partial charge on any atom is 0.361 e. The lowest BCUT2D eigenvalue weighted by Gasteiger charge is -2.25. The molecule has 0 saturated heterocycles. The van der Waals surface area contributed by atoms with E-state index in [1.54, 1.807) is 0 Å². The van der Waals surface area contributed by atoms with Gasteiger partial charge in [0.05, 0.1) is 34.4 Å². The van der Waals surface area contributed by atoms with Crippen LogP contribution in [0.15, 0.2) is 0 Å². The average Bonchev–Trinajstić information content (AvgIpc) is 3.41. The Hall–Kier alpha value is -1.71. The number of aliphatic carboxylic acids is 1. The fourth-order valence-corrected chi connectivity index (χ4v) is 10.8. The second-order valence-electron chi connectivity index (χ2n) is 25.2. The first-order chi connectivity index (χ1) is 38.1. The number of ether oxygens (including phenoxy) is 4. The minimum absolute atomic E-state index is 0.172. The van der Waals surface area contributed by atoms with Crippen molar-refractivity contribution in [2.24, 2.45) is 0 Å². The van der Waals surface area contributed by atoms with E-state index in [0.717, 1.165) is 38.5 Å². The first-order valence-corrected chi connectivity index (χ1v) is 34.7. The normalized spacial score (nSPS) is 12.6. The lowest BCUT2D eigenvalue weighted by atomic mass is 10.0. The number of carboxylic acid groups (broad SMARTS) is 1. The molecule has 78 heavy (non-hydrogen) atoms. The number of likely N-dealkylation sites (N-methyl/N-ethyl adjacent to an activating group) is 1. The van der Waals surface area contributed by atoms with Crippen LogP contribution in [0, 0.1) is 0 Å². The second kappa shape index (κ2) is 61.4. The van der Waals surface area contributed by atoms with E-state index < -0.39 is 18.4 Å². The topological polar surface area (TPSA) is 108 Å². The zero-order chi connectivity index (χ0) is 56.9. The van der Waals surface area contributed by atoms with Crippen LogP contribution in [0.25, 0.3) is 0 Å². The third-order valence-corrected chi connectivity index (χ3v) is 16.1. The van der Waals surface area contributed by atoms with Crippen LogP contribution in [0.3, 0.4) is 0 Å². The molecule has 0 aliphatic heterocycles. The Bertz CT molecular complexity index is 1240. The first-order valence-electron chi connectivity index (χ1n) is 34.7. The molecule has 9 nitrogen and oxygen atoms in total. The summed E-state index contributed by atoms with van der Waals surface area (Å²) in [6, 6.07) is 0. The highest BCUT2D eigenvalue weighted by molar-refractivity contribution is 5.71. The van der Waals surface area contributed by atoms with Crippen molar-refractivity contribution in [1.29, 1.82) is 0 Å². The maximum absolute atomic E-state index is 12.9. The highest BCUT2D eigenvalue weighted by Crippen LogP contribution is 2.19. The molecule has 0 aromatic rings. The minimum Gasteiger partial charge on any atom is -0.477 e. The number of rotatable bonds is 66. The number of esters is 2. The van der Waals surface area contributed by atoms with Crippen molar-refractivity contribution in [3.8, 4) is 0 Å². The lowest BCUT2D eigenvalue weighted by molar-refractivity contribution is -0.870. The Balaban J connectivity index is 4.05. The van der Waals surface area contributed by atoms with Gasteiger partial charge in [-0.3, -0.25) is 9.59 Å². The van der Waals surface area contributed by atoms with Gasteiger partial charge in [-0.1, -0.05) is 341 Å². The largest absolute Gasteiger partial charge is 0.477 e. The molecule has 2 unspecified atom stereocenters. The van der Waals surface area contributed by atoms with E-state index in [-0.39, 0.29) is 38.2 Å². The third-order valence-electron chi connectivity index (χ3n) is 16.1. The minimum atomic E-state index is -1.50. The Morgan fingerprint density at radius 1 is 0.333 bits per heavy atom. The van der Waals surface area contributed by atoms with Gasteiger partial charge in [0.1, 0.15) is 13.2 Å². The number of carboxylic acids is 1. The molecular weight excluding hydrogens is 971 g/mol. The summed E-state index contributed by atoms with van der Waals surface area (Å²) >= 11 is 0. The van der Waals surface area contributed by atoms with E-state index in [9.17, 15) is 19.5 Å². The summed E-state index contributed by atoms with van der Waals surface area (Å²) in [5.41, 5.74) is 0. The van der Waals surface area contributed by atoms with Crippen LogP contribution < -0.4 is 0 Å². The van der Waals surface area contributed by atoms with Crippen LogP contribution in [-0.2, 0) is 33.3 Å². The predicted octanol–water partition coefficient (Wildman–Crippen LogP) is 21.1. The zero-order valence-electron chi connectivity index (χ0n) is 53.1.